The Labute approximate surface area is 549 Å². The number of esters is 4. The summed E-state index contributed by atoms with van der Waals surface area (Å²) in [5.74, 6) is -2.12. The average molecular weight is 1330 g/mol. The Morgan fingerprint density at radius 1 is 0.267 bits per heavy atom. The van der Waals surface area contributed by atoms with Gasteiger partial charge in [-0.3, -0.25) is 37.3 Å². The van der Waals surface area contributed by atoms with Crippen LogP contribution in [-0.4, -0.2) is 96.7 Å². The number of aliphatic hydroxyl groups excluding tert-OH is 1. The second kappa shape index (κ2) is 65.7. The summed E-state index contributed by atoms with van der Waals surface area (Å²) in [7, 11) is -9.90. The summed E-state index contributed by atoms with van der Waals surface area (Å²) in [6.07, 6.45) is 54.0. The van der Waals surface area contributed by atoms with Gasteiger partial charge < -0.3 is 33.8 Å². The highest BCUT2D eigenvalue weighted by Gasteiger charge is 2.30. The zero-order chi connectivity index (χ0) is 66.1. The molecule has 0 aliphatic heterocycles. The van der Waals surface area contributed by atoms with Crippen LogP contribution >= 0.6 is 15.6 Å². The van der Waals surface area contributed by atoms with Crippen molar-refractivity contribution < 1.29 is 80.2 Å². The first kappa shape index (κ1) is 88.1. The summed E-state index contributed by atoms with van der Waals surface area (Å²) >= 11 is 0. The van der Waals surface area contributed by atoms with Gasteiger partial charge in [-0.2, -0.15) is 0 Å². The van der Waals surface area contributed by atoms with Gasteiger partial charge in [-0.15, -0.1) is 0 Å². The number of hydrogen-bond donors (Lipinski definition) is 3. The third-order valence-electron chi connectivity index (χ3n) is 16.6. The molecule has 17 nitrogen and oxygen atoms in total. The van der Waals surface area contributed by atoms with Crippen molar-refractivity contribution in [3.8, 4) is 0 Å². The first-order valence-electron chi connectivity index (χ1n) is 37.3. The second-order valence-corrected chi connectivity index (χ2v) is 28.5. The largest absolute Gasteiger partial charge is 0.472 e. The molecule has 0 rings (SSSR count). The fourth-order valence-electron chi connectivity index (χ4n) is 10.9. The van der Waals surface area contributed by atoms with E-state index in [0.29, 0.717) is 25.7 Å². The van der Waals surface area contributed by atoms with Crippen molar-refractivity contribution >= 4 is 39.5 Å². The smallest absolute Gasteiger partial charge is 0.462 e. The van der Waals surface area contributed by atoms with Crippen LogP contribution in [0.5, 0.6) is 0 Å². The molecule has 0 bridgehead atoms. The molecule has 19 heteroatoms. The lowest BCUT2D eigenvalue weighted by atomic mass is 10.0. The molecule has 0 aliphatic carbocycles. The Bertz CT molecular complexity index is 1720. The molecule has 0 saturated carbocycles. The number of aliphatic hydroxyl groups is 1. The minimum absolute atomic E-state index is 0.107. The molecule has 2 unspecified atom stereocenters. The van der Waals surface area contributed by atoms with Crippen LogP contribution in [0.2, 0.25) is 0 Å². The molecule has 0 radical (unpaired) electrons. The van der Waals surface area contributed by atoms with Crippen LogP contribution in [0.4, 0.5) is 0 Å². The Kier molecular flexibility index (Phi) is 64.3. The molecule has 534 valence electrons. The van der Waals surface area contributed by atoms with Crippen molar-refractivity contribution in [2.45, 2.75) is 393 Å². The molecule has 0 saturated heterocycles. The van der Waals surface area contributed by atoms with Gasteiger partial charge in [0.2, 0.25) is 0 Å². The molecular formula is C71H138O17P2. The third kappa shape index (κ3) is 64.8. The lowest BCUT2D eigenvalue weighted by molar-refractivity contribution is -0.161. The maximum Gasteiger partial charge on any atom is 0.472 e. The van der Waals surface area contributed by atoms with E-state index in [-0.39, 0.29) is 25.7 Å². The van der Waals surface area contributed by atoms with E-state index in [1.54, 1.807) is 0 Å². The summed E-state index contributed by atoms with van der Waals surface area (Å²) in [5.41, 5.74) is 0. The average Bonchev–Trinajstić information content (AvgIpc) is 3.53. The normalized spacial score (nSPS) is 14.0. The number of unbranched alkanes of at least 4 members (excludes halogenated alkanes) is 46. The number of carbonyl (C=O) groups excluding carboxylic acids is 4. The van der Waals surface area contributed by atoms with Gasteiger partial charge in [-0.25, -0.2) is 9.13 Å². The van der Waals surface area contributed by atoms with E-state index in [1.807, 2.05) is 0 Å². The van der Waals surface area contributed by atoms with E-state index >= 15 is 0 Å². The van der Waals surface area contributed by atoms with Gasteiger partial charge in [-0.1, -0.05) is 323 Å². The maximum atomic E-state index is 13.0. The number of ether oxygens (including phenoxy) is 4. The molecule has 0 heterocycles. The maximum absolute atomic E-state index is 13.0. The van der Waals surface area contributed by atoms with Gasteiger partial charge >= 0.3 is 39.5 Å². The molecule has 5 atom stereocenters. The van der Waals surface area contributed by atoms with Gasteiger partial charge in [0.05, 0.1) is 26.4 Å². The van der Waals surface area contributed by atoms with E-state index in [0.717, 1.165) is 89.9 Å². The first-order valence-corrected chi connectivity index (χ1v) is 40.3. The summed E-state index contributed by atoms with van der Waals surface area (Å²) in [5, 5.41) is 10.6. The lowest BCUT2D eigenvalue weighted by Crippen LogP contribution is -2.30. The fourth-order valence-corrected chi connectivity index (χ4v) is 12.4. The van der Waals surface area contributed by atoms with Gasteiger partial charge in [0.25, 0.3) is 0 Å². The van der Waals surface area contributed by atoms with Gasteiger partial charge in [-0.05, 0) is 25.7 Å². The highest BCUT2D eigenvalue weighted by Crippen LogP contribution is 2.45. The van der Waals surface area contributed by atoms with E-state index in [2.05, 4.69) is 27.7 Å². The minimum atomic E-state index is -4.95. The van der Waals surface area contributed by atoms with Crippen molar-refractivity contribution in [2.75, 3.05) is 39.6 Å². The van der Waals surface area contributed by atoms with Crippen LogP contribution < -0.4 is 0 Å². The standard InChI is InChI=1S/C71H138O17P2/c1-5-9-13-17-21-25-28-30-32-34-36-38-42-46-50-54-58-71(76)88-67(62-82-69(74)56-52-48-44-41-37-35-33-31-29-26-22-18-14-10-6-2)64-86-90(79,80)84-60-65(72)59-83-89(77,78)85-63-66(61-81-68(73)55-51-47-43-39-24-20-16-12-8-4)87-70(75)57-53-49-45-40-27-23-19-15-11-7-3/h65-67,72H,5-64H2,1-4H3,(H,77,78)(H,79,80)/t65-,66+,67+/m0/s1. The Morgan fingerprint density at radius 3 is 0.656 bits per heavy atom. The minimum Gasteiger partial charge on any atom is -0.462 e. The van der Waals surface area contributed by atoms with Crippen LogP contribution in [0, 0.1) is 0 Å². The van der Waals surface area contributed by atoms with Crippen LogP contribution in [0.15, 0.2) is 0 Å². The Morgan fingerprint density at radius 2 is 0.444 bits per heavy atom. The molecule has 90 heavy (non-hydrogen) atoms. The highest BCUT2D eigenvalue weighted by molar-refractivity contribution is 7.47. The predicted octanol–water partition coefficient (Wildman–Crippen LogP) is 20.7. The number of rotatable bonds is 72. The summed E-state index contributed by atoms with van der Waals surface area (Å²) in [6.45, 7) is 4.94. The molecule has 0 aromatic rings. The topological polar surface area (TPSA) is 237 Å². The fraction of sp³-hybridized carbons (Fsp3) is 0.944. The first-order chi connectivity index (χ1) is 43.7. The van der Waals surface area contributed by atoms with Crippen molar-refractivity contribution in [3.05, 3.63) is 0 Å². The third-order valence-corrected chi connectivity index (χ3v) is 18.5. The SMILES string of the molecule is CCCCCCCCCCCCCCCCCCC(=O)O[C@H](COC(=O)CCCCCCCCCCCCCCCCC)COP(=O)(O)OC[C@@H](O)COP(=O)(O)OC[C@@H](COC(=O)CCCCCCCCCCC)OC(=O)CCCCCCCCCCCC. The molecule has 0 aromatic carbocycles. The van der Waals surface area contributed by atoms with E-state index in [4.69, 9.17) is 37.0 Å². The van der Waals surface area contributed by atoms with Crippen LogP contribution in [0.1, 0.15) is 374 Å². The molecule has 3 N–H and O–H groups in total. The Hall–Kier alpha value is -1.94. The molecule has 0 spiro atoms. The van der Waals surface area contributed by atoms with Crippen molar-refractivity contribution in [2.24, 2.45) is 0 Å². The zero-order valence-corrected chi connectivity index (χ0v) is 59.9. The number of carbonyl (C=O) groups is 4. The molecule has 0 aliphatic rings. The van der Waals surface area contributed by atoms with Gasteiger partial charge in [0.15, 0.2) is 12.2 Å². The number of phosphoric acid groups is 2. The monoisotopic (exact) mass is 1320 g/mol. The van der Waals surface area contributed by atoms with Crippen LogP contribution in [-0.2, 0) is 65.4 Å². The summed E-state index contributed by atoms with van der Waals surface area (Å²) in [4.78, 5) is 72.5. The van der Waals surface area contributed by atoms with Gasteiger partial charge in [0.1, 0.15) is 19.3 Å². The van der Waals surface area contributed by atoms with Crippen molar-refractivity contribution in [1.82, 2.24) is 0 Å². The van der Waals surface area contributed by atoms with E-state index in [1.165, 1.54) is 205 Å². The quantitative estimate of drug-likeness (QED) is 0.0222. The Balaban J connectivity index is 5.21. The summed E-state index contributed by atoms with van der Waals surface area (Å²) in [6, 6.07) is 0. The van der Waals surface area contributed by atoms with Crippen LogP contribution in [0.25, 0.3) is 0 Å². The lowest BCUT2D eigenvalue weighted by Gasteiger charge is -2.21. The van der Waals surface area contributed by atoms with Crippen molar-refractivity contribution in [1.29, 1.82) is 0 Å². The molecule has 0 fully saturated rings. The predicted molar refractivity (Wildman–Crippen MR) is 363 cm³/mol. The van der Waals surface area contributed by atoms with Crippen LogP contribution in [0.3, 0.4) is 0 Å². The molecule has 0 amide bonds. The number of hydrogen-bond acceptors (Lipinski definition) is 15. The zero-order valence-electron chi connectivity index (χ0n) is 58.1. The number of phosphoric ester groups is 2. The molecule has 0 aromatic heterocycles. The van der Waals surface area contributed by atoms with Crippen molar-refractivity contribution in [3.63, 3.8) is 0 Å². The summed E-state index contributed by atoms with van der Waals surface area (Å²) < 4.78 is 68.3. The van der Waals surface area contributed by atoms with E-state index in [9.17, 15) is 43.2 Å². The van der Waals surface area contributed by atoms with Gasteiger partial charge in [0, 0.05) is 25.7 Å². The van der Waals surface area contributed by atoms with E-state index < -0.39 is 97.5 Å². The highest BCUT2D eigenvalue weighted by atomic mass is 31.2. The molecular weight excluding hydrogens is 1190 g/mol. The second-order valence-electron chi connectivity index (χ2n) is 25.6.